The van der Waals surface area contributed by atoms with Crippen molar-refractivity contribution in [2.75, 3.05) is 0 Å². The fourth-order valence-electron chi connectivity index (χ4n) is 9.52. The minimum absolute atomic E-state index is 0.00124. The minimum Gasteiger partial charge on any atom is -0.420 e. The molecule has 0 heterocycles. The van der Waals surface area contributed by atoms with Gasteiger partial charge in [0.2, 0.25) is 34.8 Å². The summed E-state index contributed by atoms with van der Waals surface area (Å²) >= 11 is 0. The molecule has 0 aliphatic heterocycles. The van der Waals surface area contributed by atoms with Crippen LogP contribution in [0.4, 0.5) is 22.0 Å². The second kappa shape index (κ2) is 10.5. The first-order chi connectivity index (χ1) is 18.7. The molecule has 5 nitrogen and oxygen atoms in total. The predicted molar refractivity (Wildman–Crippen MR) is 134 cm³/mol. The number of rotatable bonds is 5. The number of esters is 1. The summed E-state index contributed by atoms with van der Waals surface area (Å²) in [5.74, 6) is -13.4. The van der Waals surface area contributed by atoms with Crippen molar-refractivity contribution in [1.29, 1.82) is 0 Å². The van der Waals surface area contributed by atoms with Gasteiger partial charge in [0, 0.05) is 6.42 Å². The zero-order valence-electron chi connectivity index (χ0n) is 23.1. The van der Waals surface area contributed by atoms with Crippen LogP contribution in [0.5, 0.6) is 5.75 Å². The van der Waals surface area contributed by atoms with E-state index >= 15 is 0 Å². The SMILES string of the molecule is C[C@H](CCC(=O)Oc1c(F)c(F)c(F)c(F)c1F)[C@H]1CC[C@H]2[C@@H]3[C@H](O)C[C@@H]4C[C@H](O)CC[C@]4(C)[C@H]3C[C@H](O)[C@]12C. The molecule has 0 spiro atoms. The van der Waals surface area contributed by atoms with E-state index in [1.807, 2.05) is 6.92 Å². The van der Waals surface area contributed by atoms with Crippen molar-refractivity contribution in [1.82, 2.24) is 0 Å². The third-order valence-corrected chi connectivity index (χ3v) is 11.7. The number of benzene rings is 1. The average molecular weight is 575 g/mol. The molecule has 5 rings (SSSR count). The Morgan fingerprint density at radius 2 is 1.52 bits per heavy atom. The zero-order chi connectivity index (χ0) is 29.3. The van der Waals surface area contributed by atoms with Crippen molar-refractivity contribution in [2.24, 2.45) is 46.3 Å². The maximum absolute atomic E-state index is 13.9. The van der Waals surface area contributed by atoms with Crippen molar-refractivity contribution < 1.29 is 46.8 Å². The summed E-state index contributed by atoms with van der Waals surface area (Å²) in [7, 11) is 0. The molecule has 4 aliphatic carbocycles. The first kappa shape index (κ1) is 29.7. The summed E-state index contributed by atoms with van der Waals surface area (Å²) in [6, 6.07) is 0. The van der Waals surface area contributed by atoms with Gasteiger partial charge in [-0.3, -0.25) is 4.79 Å². The monoisotopic (exact) mass is 574 g/mol. The maximum Gasteiger partial charge on any atom is 0.311 e. The lowest BCUT2D eigenvalue weighted by molar-refractivity contribution is -0.207. The van der Waals surface area contributed by atoms with Gasteiger partial charge >= 0.3 is 5.97 Å². The van der Waals surface area contributed by atoms with Gasteiger partial charge in [-0.15, -0.1) is 0 Å². The number of hydrogen-bond acceptors (Lipinski definition) is 5. The largest absolute Gasteiger partial charge is 0.420 e. The molecule has 1 aromatic rings. The Balaban J connectivity index is 1.28. The van der Waals surface area contributed by atoms with Crippen LogP contribution in [-0.4, -0.2) is 39.6 Å². The van der Waals surface area contributed by atoms with Gasteiger partial charge in [-0.05, 0) is 97.7 Å². The summed E-state index contributed by atoms with van der Waals surface area (Å²) in [4.78, 5) is 12.4. The van der Waals surface area contributed by atoms with Gasteiger partial charge in [-0.2, -0.15) is 8.78 Å². The van der Waals surface area contributed by atoms with Crippen LogP contribution in [0.2, 0.25) is 0 Å². The van der Waals surface area contributed by atoms with Gasteiger partial charge in [0.05, 0.1) is 18.3 Å². The summed E-state index contributed by atoms with van der Waals surface area (Å²) in [5.41, 5.74) is -0.562. The van der Waals surface area contributed by atoms with Crippen LogP contribution in [0.25, 0.3) is 0 Å². The molecule has 40 heavy (non-hydrogen) atoms. The van der Waals surface area contributed by atoms with Crippen LogP contribution in [0.1, 0.15) is 78.6 Å². The molecule has 0 saturated heterocycles. The van der Waals surface area contributed by atoms with E-state index in [2.05, 4.69) is 18.6 Å². The van der Waals surface area contributed by atoms with Gasteiger partial charge in [0.15, 0.2) is 0 Å². The van der Waals surface area contributed by atoms with E-state index < -0.39 is 58.4 Å². The van der Waals surface area contributed by atoms with Gasteiger partial charge in [-0.1, -0.05) is 20.8 Å². The maximum atomic E-state index is 13.9. The molecular weight excluding hydrogens is 535 g/mol. The van der Waals surface area contributed by atoms with E-state index in [0.717, 1.165) is 25.7 Å². The van der Waals surface area contributed by atoms with E-state index in [-0.39, 0.29) is 59.9 Å². The van der Waals surface area contributed by atoms with Gasteiger partial charge in [-0.25, -0.2) is 13.2 Å². The Bertz CT molecular complexity index is 1130. The van der Waals surface area contributed by atoms with Crippen molar-refractivity contribution >= 4 is 5.97 Å². The Morgan fingerprint density at radius 3 is 2.17 bits per heavy atom. The molecule has 4 aliphatic rings. The lowest BCUT2D eigenvalue weighted by Crippen LogP contribution is -2.62. The second-order valence-corrected chi connectivity index (χ2v) is 13.4. The number of aliphatic hydroxyl groups excluding tert-OH is 3. The minimum atomic E-state index is -2.32. The smallest absolute Gasteiger partial charge is 0.311 e. The summed E-state index contributed by atoms with van der Waals surface area (Å²) in [6.45, 7) is 6.25. The molecule has 0 bridgehead atoms. The first-order valence-electron chi connectivity index (χ1n) is 14.5. The first-order valence-corrected chi connectivity index (χ1v) is 14.5. The molecule has 0 amide bonds. The van der Waals surface area contributed by atoms with Crippen LogP contribution >= 0.6 is 0 Å². The summed E-state index contributed by atoms with van der Waals surface area (Å²) in [6.07, 6.45) is 3.52. The topological polar surface area (TPSA) is 87.0 Å². The number of hydrogen-bond donors (Lipinski definition) is 3. The molecule has 0 unspecified atom stereocenters. The highest BCUT2D eigenvalue weighted by molar-refractivity contribution is 5.72. The molecule has 4 saturated carbocycles. The highest BCUT2D eigenvalue weighted by Crippen LogP contribution is 2.68. The van der Waals surface area contributed by atoms with E-state index in [9.17, 15) is 42.1 Å². The molecule has 1 aromatic carbocycles. The molecule has 0 aromatic heterocycles. The Labute approximate surface area is 231 Å². The highest BCUT2D eigenvalue weighted by atomic mass is 19.2. The molecule has 11 atom stereocenters. The van der Waals surface area contributed by atoms with Crippen LogP contribution in [-0.2, 0) is 4.79 Å². The molecule has 4 fully saturated rings. The van der Waals surface area contributed by atoms with E-state index in [0.29, 0.717) is 19.3 Å². The van der Waals surface area contributed by atoms with Crippen LogP contribution < -0.4 is 4.74 Å². The van der Waals surface area contributed by atoms with Crippen LogP contribution in [0, 0.1) is 75.4 Å². The number of aliphatic hydroxyl groups is 3. The quantitative estimate of drug-likeness (QED) is 0.139. The molecule has 10 heteroatoms. The number of carbonyl (C=O) groups excluding carboxylic acids is 1. The predicted octanol–water partition coefficient (Wildman–Crippen LogP) is 5.67. The summed E-state index contributed by atoms with van der Waals surface area (Å²) < 4.78 is 72.7. The molecule has 224 valence electrons. The second-order valence-electron chi connectivity index (χ2n) is 13.4. The number of carbonyl (C=O) groups is 1. The van der Waals surface area contributed by atoms with Crippen LogP contribution in [0.15, 0.2) is 0 Å². The molecular formula is C30H39F5O5. The van der Waals surface area contributed by atoms with E-state index in [1.54, 1.807) is 0 Å². The average Bonchev–Trinajstić information content (AvgIpc) is 3.27. The van der Waals surface area contributed by atoms with Gasteiger partial charge in [0.1, 0.15) is 0 Å². The van der Waals surface area contributed by atoms with E-state index in [1.165, 1.54) is 0 Å². The lowest BCUT2D eigenvalue weighted by atomic mass is 9.43. The van der Waals surface area contributed by atoms with Gasteiger partial charge < -0.3 is 20.1 Å². The van der Waals surface area contributed by atoms with Crippen molar-refractivity contribution in [3.63, 3.8) is 0 Å². The van der Waals surface area contributed by atoms with Crippen molar-refractivity contribution in [3.05, 3.63) is 29.1 Å². The lowest BCUT2D eigenvalue weighted by Gasteiger charge is -2.63. The Hall–Kier alpha value is -1.78. The third kappa shape index (κ3) is 4.47. The fraction of sp³-hybridized carbons (Fsp3) is 0.767. The fourth-order valence-corrected chi connectivity index (χ4v) is 9.52. The number of halogens is 5. The number of ether oxygens (including phenoxy) is 1. The summed E-state index contributed by atoms with van der Waals surface area (Å²) in [5, 5.41) is 33.3. The van der Waals surface area contributed by atoms with Crippen LogP contribution in [0.3, 0.4) is 0 Å². The normalized spacial score (nSPS) is 41.6. The number of fused-ring (bicyclic) bond motifs is 5. The molecule has 3 N–H and O–H groups in total. The Kier molecular flexibility index (Phi) is 7.79. The molecule has 0 radical (unpaired) electrons. The third-order valence-electron chi connectivity index (χ3n) is 11.7. The zero-order valence-corrected chi connectivity index (χ0v) is 23.1. The van der Waals surface area contributed by atoms with E-state index in [4.69, 9.17) is 0 Å². The highest BCUT2D eigenvalue weighted by Gasteiger charge is 2.65. The Morgan fingerprint density at radius 1 is 0.900 bits per heavy atom. The van der Waals surface area contributed by atoms with Crippen molar-refractivity contribution in [3.8, 4) is 5.75 Å². The van der Waals surface area contributed by atoms with Crippen molar-refractivity contribution in [2.45, 2.75) is 96.9 Å². The van der Waals surface area contributed by atoms with Gasteiger partial charge in [0.25, 0.3) is 0 Å². The standard InChI is InChI=1S/C30H39F5O5/c1-13(4-7-21(39)40-28-26(34)24(32)23(31)25(33)27(28)35)16-5-6-17-22-18(12-20(38)30(16,17)3)29(2)9-8-15(36)10-14(29)11-19(22)37/h13-20,22,36-38H,4-12H2,1-3H3/t13-,14+,15-,16-,17+,18+,19-,20+,22+,29+,30-/m1/s1.